The first-order chi connectivity index (χ1) is 22.9. The van der Waals surface area contributed by atoms with Gasteiger partial charge in [-0.3, -0.25) is 9.88 Å². The largest absolute Gasteiger partial charge is 0.497 e. The number of rotatable bonds is 6. The van der Waals surface area contributed by atoms with Gasteiger partial charge in [-0.05, 0) is 98.2 Å². The molecule has 47 heavy (non-hydrogen) atoms. The van der Waals surface area contributed by atoms with Gasteiger partial charge in [0.05, 0.1) is 29.8 Å². The lowest BCUT2D eigenvalue weighted by atomic mass is 9.73. The second-order valence-corrected chi connectivity index (χ2v) is 12.7. The fourth-order valence-electron chi connectivity index (χ4n) is 7.29. The highest BCUT2D eigenvalue weighted by atomic mass is 16.5. The van der Waals surface area contributed by atoms with Crippen LogP contribution in [0.4, 0.5) is 0 Å². The number of para-hydroxylation sites is 2. The first-order valence-electron chi connectivity index (χ1n) is 16.3. The number of piperidine rings is 3. The predicted octanol–water partition coefficient (Wildman–Crippen LogP) is 8.37. The van der Waals surface area contributed by atoms with Gasteiger partial charge in [-0.2, -0.15) is 0 Å². The molecule has 0 radical (unpaired) electrons. The molecule has 6 heterocycles. The van der Waals surface area contributed by atoms with E-state index in [0.29, 0.717) is 23.6 Å². The number of aromatic nitrogens is 3. The number of aliphatic hydroxyl groups excluding tert-OH is 1. The van der Waals surface area contributed by atoms with Gasteiger partial charge in [0.1, 0.15) is 5.75 Å². The number of hydrogen-bond donors (Lipinski definition) is 1. The summed E-state index contributed by atoms with van der Waals surface area (Å²) in [6.45, 7) is 10.2. The fraction of sp³-hybridized carbons (Fsp3) is 0.275. The molecule has 0 spiro atoms. The number of methoxy groups -OCH3 is 1. The van der Waals surface area contributed by atoms with Crippen molar-refractivity contribution in [3.05, 3.63) is 120 Å². The smallest absolute Gasteiger partial charge is 0.222 e. The third-order valence-electron chi connectivity index (χ3n) is 9.83. The molecule has 7 nitrogen and oxygen atoms in total. The highest BCUT2D eigenvalue weighted by Gasteiger charge is 2.42. The Bertz CT molecular complexity index is 2000. The number of benzene rings is 3. The molecule has 5 atom stereocenters. The van der Waals surface area contributed by atoms with Crippen LogP contribution in [0.3, 0.4) is 0 Å². The van der Waals surface area contributed by atoms with Crippen molar-refractivity contribution in [1.29, 1.82) is 0 Å². The first kappa shape index (κ1) is 30.8. The molecule has 0 aliphatic carbocycles. The van der Waals surface area contributed by atoms with Gasteiger partial charge < -0.3 is 14.6 Å². The Morgan fingerprint density at radius 3 is 2.11 bits per heavy atom. The number of aliphatic hydroxyl groups is 1. The summed E-state index contributed by atoms with van der Waals surface area (Å²) >= 11 is 0. The standard InChI is InChI=1S/C20H24N2O2.C20H16N2O/c1-3-13-12-22-9-7-14(13)10-19(22)20(23)16-6-8-21-18-5-4-15(24-2)11-17(16)18;1-13-11-19(21-17-9-5-3-7-15(13)17)23-20-12-14(2)16-8-4-6-10-18(16)22-20/h3-6,8,11,13-14,19-20,23H,1,7,9-10,12H2,2H3;3-12H,1-2H3/t13-,14?,19+,20?;/m1./s1. The van der Waals surface area contributed by atoms with E-state index in [9.17, 15) is 5.11 Å². The Morgan fingerprint density at radius 1 is 0.851 bits per heavy atom. The monoisotopic (exact) mass is 624 g/mol. The van der Waals surface area contributed by atoms with Crippen LogP contribution in [0.25, 0.3) is 32.7 Å². The molecule has 3 fully saturated rings. The van der Waals surface area contributed by atoms with Crippen molar-refractivity contribution in [3.8, 4) is 17.5 Å². The van der Waals surface area contributed by atoms with Crippen LogP contribution in [-0.2, 0) is 0 Å². The minimum Gasteiger partial charge on any atom is -0.497 e. The molecule has 1 N–H and O–H groups in total. The summed E-state index contributed by atoms with van der Waals surface area (Å²) in [5, 5.41) is 14.4. The number of hydrogen-bond acceptors (Lipinski definition) is 7. The van der Waals surface area contributed by atoms with E-state index in [1.165, 1.54) is 6.42 Å². The zero-order valence-electron chi connectivity index (χ0n) is 27.1. The highest BCUT2D eigenvalue weighted by molar-refractivity contribution is 5.85. The molecule has 3 aliphatic heterocycles. The summed E-state index contributed by atoms with van der Waals surface area (Å²) in [5.41, 5.74) is 5.99. The Labute approximate surface area is 275 Å². The average Bonchev–Trinajstić information content (AvgIpc) is 3.11. The van der Waals surface area contributed by atoms with Crippen molar-refractivity contribution in [1.82, 2.24) is 19.9 Å². The number of nitrogens with zero attached hydrogens (tertiary/aromatic N) is 4. The Balaban J connectivity index is 0.000000150. The molecule has 3 aromatic heterocycles. The molecule has 6 aromatic rings. The zero-order chi connectivity index (χ0) is 32.5. The van der Waals surface area contributed by atoms with Crippen molar-refractivity contribution in [2.75, 3.05) is 20.2 Å². The summed E-state index contributed by atoms with van der Waals surface area (Å²) < 4.78 is 11.3. The normalized spacial score (nSPS) is 20.9. The van der Waals surface area contributed by atoms with Crippen molar-refractivity contribution in [3.63, 3.8) is 0 Å². The molecule has 3 aromatic carbocycles. The molecule has 0 amide bonds. The van der Waals surface area contributed by atoms with Crippen LogP contribution in [0, 0.1) is 25.7 Å². The number of fused-ring (bicyclic) bond motifs is 6. The van der Waals surface area contributed by atoms with Crippen molar-refractivity contribution >= 4 is 32.7 Å². The summed E-state index contributed by atoms with van der Waals surface area (Å²) in [6.07, 6.45) is 5.62. The van der Waals surface area contributed by atoms with Gasteiger partial charge in [0.15, 0.2) is 0 Å². The number of aryl methyl sites for hydroxylation is 2. The van der Waals surface area contributed by atoms with E-state index in [0.717, 1.165) is 74.7 Å². The fourth-order valence-corrected chi connectivity index (χ4v) is 7.29. The number of ether oxygens (including phenoxy) is 2. The van der Waals surface area contributed by atoms with Crippen LogP contribution >= 0.6 is 0 Å². The van der Waals surface area contributed by atoms with Gasteiger partial charge in [0.2, 0.25) is 11.8 Å². The van der Waals surface area contributed by atoms with Crippen LogP contribution in [0.5, 0.6) is 17.5 Å². The van der Waals surface area contributed by atoms with E-state index < -0.39 is 6.10 Å². The lowest BCUT2D eigenvalue weighted by Crippen LogP contribution is -2.54. The summed E-state index contributed by atoms with van der Waals surface area (Å²) in [5.74, 6) is 3.15. The van der Waals surface area contributed by atoms with Gasteiger partial charge in [-0.25, -0.2) is 9.97 Å². The summed E-state index contributed by atoms with van der Waals surface area (Å²) in [4.78, 5) is 16.0. The molecule has 2 bridgehead atoms. The van der Waals surface area contributed by atoms with Crippen LogP contribution < -0.4 is 9.47 Å². The van der Waals surface area contributed by atoms with E-state index in [1.54, 1.807) is 13.3 Å². The van der Waals surface area contributed by atoms with E-state index in [-0.39, 0.29) is 6.04 Å². The second kappa shape index (κ2) is 13.1. The SMILES string of the molecule is C=C[C@@H]1CN2CCC1C[C@H]2C(O)c1ccnc2ccc(OC)cc12.Cc1cc(Oc2cc(C)c3ccccc3n2)nc2ccccc12. The quantitative estimate of drug-likeness (QED) is 0.187. The molecular formula is C40H40N4O3. The minimum absolute atomic E-state index is 0.178. The summed E-state index contributed by atoms with van der Waals surface area (Å²) in [7, 11) is 1.66. The maximum Gasteiger partial charge on any atom is 0.222 e. The van der Waals surface area contributed by atoms with Crippen molar-refractivity contribution in [2.24, 2.45) is 11.8 Å². The van der Waals surface area contributed by atoms with E-state index in [2.05, 4.69) is 58.5 Å². The Morgan fingerprint density at radius 2 is 1.51 bits per heavy atom. The maximum atomic E-state index is 11.2. The molecule has 3 aliphatic rings. The second-order valence-electron chi connectivity index (χ2n) is 12.7. The zero-order valence-corrected chi connectivity index (χ0v) is 27.1. The minimum atomic E-state index is -0.504. The lowest BCUT2D eigenvalue weighted by Gasteiger charge is -2.50. The number of pyridine rings is 3. The van der Waals surface area contributed by atoms with Crippen LogP contribution in [0.15, 0.2) is 104 Å². The topological polar surface area (TPSA) is 80.6 Å². The molecule has 238 valence electrons. The van der Waals surface area contributed by atoms with Gasteiger partial charge in [-0.15, -0.1) is 6.58 Å². The van der Waals surface area contributed by atoms with Crippen LogP contribution in [0.2, 0.25) is 0 Å². The third-order valence-corrected chi connectivity index (χ3v) is 9.83. The summed E-state index contributed by atoms with van der Waals surface area (Å²) in [6, 6.07) is 28.0. The van der Waals surface area contributed by atoms with E-state index in [1.807, 2.05) is 72.8 Å². The molecular weight excluding hydrogens is 584 g/mol. The highest BCUT2D eigenvalue weighted by Crippen LogP contribution is 2.42. The molecule has 3 unspecified atom stereocenters. The molecule has 7 heteroatoms. The average molecular weight is 625 g/mol. The van der Waals surface area contributed by atoms with Gasteiger partial charge >= 0.3 is 0 Å². The van der Waals surface area contributed by atoms with Gasteiger partial charge in [0, 0.05) is 47.1 Å². The van der Waals surface area contributed by atoms with E-state index >= 15 is 0 Å². The van der Waals surface area contributed by atoms with Crippen molar-refractivity contribution < 1.29 is 14.6 Å². The molecule has 3 saturated heterocycles. The van der Waals surface area contributed by atoms with Crippen molar-refractivity contribution in [2.45, 2.75) is 38.8 Å². The van der Waals surface area contributed by atoms with Crippen LogP contribution in [0.1, 0.15) is 35.6 Å². The van der Waals surface area contributed by atoms with Crippen LogP contribution in [-0.4, -0.2) is 51.2 Å². The van der Waals surface area contributed by atoms with E-state index in [4.69, 9.17) is 9.47 Å². The maximum absolute atomic E-state index is 11.2. The van der Waals surface area contributed by atoms with Gasteiger partial charge in [-0.1, -0.05) is 42.5 Å². The van der Waals surface area contributed by atoms with Gasteiger partial charge in [0.25, 0.3) is 0 Å². The lowest BCUT2D eigenvalue weighted by molar-refractivity contribution is -0.0444. The third kappa shape index (κ3) is 6.16. The Kier molecular flexibility index (Phi) is 8.58. The first-order valence-corrected chi connectivity index (χ1v) is 16.3. The molecule has 0 saturated carbocycles. The molecule has 9 rings (SSSR count). The Hall–Kier alpha value is -4.85. The predicted molar refractivity (Wildman–Crippen MR) is 188 cm³/mol.